The molecule has 0 saturated heterocycles. The molecule has 0 aliphatic rings. The maximum atomic E-state index is 12.8. The minimum atomic E-state index is -4.35. The Labute approximate surface area is 101 Å². The van der Waals surface area contributed by atoms with E-state index in [1.165, 1.54) is 6.20 Å². The van der Waals surface area contributed by atoms with Gasteiger partial charge in [0.15, 0.2) is 0 Å². The quantitative estimate of drug-likeness (QED) is 0.855. The average Bonchev–Trinajstić information content (AvgIpc) is 2.63. The number of para-hydroxylation sites is 1. The van der Waals surface area contributed by atoms with Gasteiger partial charge in [-0.1, -0.05) is 23.7 Å². The van der Waals surface area contributed by atoms with Gasteiger partial charge in [0.1, 0.15) is 0 Å². The number of benzene rings is 1. The van der Waals surface area contributed by atoms with E-state index in [4.69, 9.17) is 17.3 Å². The van der Waals surface area contributed by atoms with Crippen molar-refractivity contribution in [3.05, 3.63) is 35.0 Å². The molecule has 0 aliphatic carbocycles. The van der Waals surface area contributed by atoms with E-state index in [9.17, 15) is 13.2 Å². The first-order valence-corrected chi connectivity index (χ1v) is 5.35. The fourth-order valence-electron chi connectivity index (χ4n) is 1.86. The molecular weight excluding hydrogens is 253 g/mol. The van der Waals surface area contributed by atoms with Crippen LogP contribution in [0.2, 0.25) is 5.02 Å². The van der Waals surface area contributed by atoms with Crippen molar-refractivity contribution < 1.29 is 13.2 Å². The van der Waals surface area contributed by atoms with Gasteiger partial charge in [-0.2, -0.15) is 13.2 Å². The second-order valence-electron chi connectivity index (χ2n) is 3.74. The molecule has 0 spiro atoms. The molecule has 1 heterocycles. The molecule has 17 heavy (non-hydrogen) atoms. The van der Waals surface area contributed by atoms with Crippen LogP contribution >= 0.6 is 11.6 Å². The van der Waals surface area contributed by atoms with Crippen LogP contribution in [0.3, 0.4) is 0 Å². The van der Waals surface area contributed by atoms with Crippen LogP contribution in [0.1, 0.15) is 11.5 Å². The molecule has 92 valence electrons. The highest BCUT2D eigenvalue weighted by atomic mass is 35.5. The smallest absolute Gasteiger partial charge is 0.360 e. The number of nitrogens with two attached hydrogens (primary N) is 1. The Morgan fingerprint density at radius 1 is 1.35 bits per heavy atom. The number of hydrogen-bond acceptors (Lipinski definition) is 1. The van der Waals surface area contributed by atoms with E-state index < -0.39 is 18.6 Å². The van der Waals surface area contributed by atoms with Gasteiger partial charge >= 0.3 is 6.18 Å². The average molecular weight is 263 g/mol. The fourth-order valence-corrected chi connectivity index (χ4v) is 2.09. The molecule has 2 aromatic rings. The summed E-state index contributed by atoms with van der Waals surface area (Å²) >= 11 is 5.89. The standard InChI is InChI=1S/C11H10ClF3N2/c12-9-3-1-2-6-7(5-17-10(6)9)8(4-16)11(13,14)15/h1-3,5,8,17H,4,16H2. The Hall–Kier alpha value is -1.20. The van der Waals surface area contributed by atoms with Gasteiger partial charge in [0.25, 0.3) is 0 Å². The zero-order chi connectivity index (χ0) is 12.6. The number of aromatic amines is 1. The third-order valence-electron chi connectivity index (χ3n) is 2.70. The van der Waals surface area contributed by atoms with Gasteiger partial charge in [-0.15, -0.1) is 0 Å². The Kier molecular flexibility index (Phi) is 3.05. The lowest BCUT2D eigenvalue weighted by Gasteiger charge is -2.17. The van der Waals surface area contributed by atoms with Crippen LogP contribution in [0.25, 0.3) is 10.9 Å². The molecule has 0 amide bonds. The lowest BCUT2D eigenvalue weighted by Crippen LogP contribution is -2.27. The zero-order valence-corrected chi connectivity index (χ0v) is 9.44. The van der Waals surface area contributed by atoms with E-state index in [1.807, 2.05) is 0 Å². The summed E-state index contributed by atoms with van der Waals surface area (Å²) in [7, 11) is 0. The number of H-pyrrole nitrogens is 1. The molecular formula is C11H10ClF3N2. The summed E-state index contributed by atoms with van der Waals surface area (Å²) in [6, 6.07) is 4.84. The van der Waals surface area contributed by atoms with Gasteiger partial charge in [0, 0.05) is 18.1 Å². The maximum absolute atomic E-state index is 12.8. The van der Waals surface area contributed by atoms with Crippen LogP contribution in [-0.4, -0.2) is 17.7 Å². The van der Waals surface area contributed by atoms with Crippen molar-refractivity contribution in [3.63, 3.8) is 0 Å². The molecule has 0 bridgehead atoms. The molecule has 1 atom stereocenters. The van der Waals surface area contributed by atoms with E-state index in [-0.39, 0.29) is 5.56 Å². The molecule has 6 heteroatoms. The number of alkyl halides is 3. The maximum Gasteiger partial charge on any atom is 0.397 e. The van der Waals surface area contributed by atoms with E-state index in [0.29, 0.717) is 15.9 Å². The first-order chi connectivity index (χ1) is 7.95. The molecule has 1 aromatic carbocycles. The van der Waals surface area contributed by atoms with Crippen molar-refractivity contribution in [1.82, 2.24) is 4.98 Å². The van der Waals surface area contributed by atoms with E-state index in [0.717, 1.165) is 0 Å². The monoisotopic (exact) mass is 262 g/mol. The van der Waals surface area contributed by atoms with Crippen molar-refractivity contribution >= 4 is 22.5 Å². The topological polar surface area (TPSA) is 41.8 Å². The van der Waals surface area contributed by atoms with Crippen molar-refractivity contribution in [2.75, 3.05) is 6.54 Å². The second kappa shape index (κ2) is 4.23. The summed E-state index contributed by atoms with van der Waals surface area (Å²) in [6.45, 7) is -0.483. The lowest BCUT2D eigenvalue weighted by molar-refractivity contribution is -0.147. The van der Waals surface area contributed by atoms with Gasteiger partial charge in [-0.05, 0) is 11.6 Å². The largest absolute Gasteiger partial charge is 0.397 e. The molecule has 1 aromatic heterocycles. The van der Waals surface area contributed by atoms with Crippen LogP contribution in [0, 0.1) is 0 Å². The molecule has 0 radical (unpaired) electrons. The summed E-state index contributed by atoms with van der Waals surface area (Å²) in [5, 5.41) is 0.858. The first kappa shape index (κ1) is 12.3. The minimum Gasteiger partial charge on any atom is -0.360 e. The van der Waals surface area contributed by atoms with Crippen LogP contribution in [0.4, 0.5) is 13.2 Å². The Morgan fingerprint density at radius 2 is 2.06 bits per heavy atom. The number of nitrogens with one attached hydrogen (secondary N) is 1. The number of aromatic nitrogens is 1. The Balaban J connectivity index is 2.59. The molecule has 2 nitrogen and oxygen atoms in total. The van der Waals surface area contributed by atoms with Crippen LogP contribution in [-0.2, 0) is 0 Å². The molecule has 0 saturated carbocycles. The van der Waals surface area contributed by atoms with Gasteiger partial charge in [0.2, 0.25) is 0 Å². The summed E-state index contributed by atoms with van der Waals surface area (Å²) in [5.41, 5.74) is 5.86. The van der Waals surface area contributed by atoms with Crippen molar-refractivity contribution in [2.45, 2.75) is 12.1 Å². The van der Waals surface area contributed by atoms with Gasteiger partial charge in [-0.3, -0.25) is 0 Å². The Morgan fingerprint density at radius 3 is 2.65 bits per heavy atom. The number of fused-ring (bicyclic) bond motifs is 1. The van der Waals surface area contributed by atoms with Crippen molar-refractivity contribution in [1.29, 1.82) is 0 Å². The van der Waals surface area contributed by atoms with E-state index >= 15 is 0 Å². The SMILES string of the molecule is NCC(c1c[nH]c2c(Cl)cccc12)C(F)(F)F. The van der Waals surface area contributed by atoms with Crippen LogP contribution < -0.4 is 5.73 Å². The summed E-state index contributed by atoms with van der Waals surface area (Å²) in [4.78, 5) is 2.76. The fraction of sp³-hybridized carbons (Fsp3) is 0.273. The van der Waals surface area contributed by atoms with Crippen molar-refractivity contribution in [2.24, 2.45) is 5.73 Å². The predicted molar refractivity (Wildman–Crippen MR) is 61.2 cm³/mol. The normalized spacial score (nSPS) is 14.2. The Bertz CT molecular complexity index is 533. The number of rotatable bonds is 2. The molecule has 3 N–H and O–H groups in total. The molecule has 2 rings (SSSR count). The zero-order valence-electron chi connectivity index (χ0n) is 8.68. The molecule has 1 unspecified atom stereocenters. The second-order valence-corrected chi connectivity index (χ2v) is 4.14. The summed E-state index contributed by atoms with van der Waals surface area (Å²) < 4.78 is 38.4. The molecule has 0 fully saturated rings. The van der Waals surface area contributed by atoms with Crippen molar-refractivity contribution in [3.8, 4) is 0 Å². The number of hydrogen-bond donors (Lipinski definition) is 2. The first-order valence-electron chi connectivity index (χ1n) is 4.97. The predicted octanol–water partition coefficient (Wildman–Crippen LogP) is 3.43. The van der Waals surface area contributed by atoms with Crippen LogP contribution in [0.5, 0.6) is 0 Å². The summed E-state index contributed by atoms with van der Waals surface area (Å²) in [6.07, 6.45) is -3.03. The highest BCUT2D eigenvalue weighted by molar-refractivity contribution is 6.35. The van der Waals surface area contributed by atoms with E-state index in [2.05, 4.69) is 4.98 Å². The van der Waals surface area contributed by atoms with E-state index in [1.54, 1.807) is 18.2 Å². The highest BCUT2D eigenvalue weighted by Gasteiger charge is 2.40. The minimum absolute atomic E-state index is 0.137. The third-order valence-corrected chi connectivity index (χ3v) is 3.02. The summed E-state index contributed by atoms with van der Waals surface area (Å²) in [5.74, 6) is -1.67. The van der Waals surface area contributed by atoms with Gasteiger partial charge < -0.3 is 10.7 Å². The van der Waals surface area contributed by atoms with Gasteiger partial charge in [0.05, 0.1) is 16.5 Å². The highest BCUT2D eigenvalue weighted by Crippen LogP contribution is 2.38. The van der Waals surface area contributed by atoms with Gasteiger partial charge in [-0.25, -0.2) is 0 Å². The van der Waals surface area contributed by atoms with Crippen LogP contribution in [0.15, 0.2) is 24.4 Å². The third kappa shape index (κ3) is 2.12. The molecule has 0 aliphatic heterocycles. The lowest BCUT2D eigenvalue weighted by atomic mass is 9.98. The number of halogens is 4.